The van der Waals surface area contributed by atoms with E-state index < -0.39 is 0 Å². The van der Waals surface area contributed by atoms with E-state index in [1.807, 2.05) is 71.8 Å². The Morgan fingerprint density at radius 1 is 0.938 bits per heavy atom. The molecule has 5 rings (SSSR count). The van der Waals surface area contributed by atoms with Gasteiger partial charge in [0.25, 0.3) is 0 Å². The van der Waals surface area contributed by atoms with Crippen LogP contribution in [0.15, 0.2) is 91.3 Å². The van der Waals surface area contributed by atoms with Gasteiger partial charge in [-0.15, -0.1) is 0 Å². The largest absolute Gasteiger partial charge is 0.506 e. The number of ether oxygens (including phenoxy) is 1. The number of anilines is 1. The van der Waals surface area contributed by atoms with Crippen LogP contribution in [0.1, 0.15) is 23.5 Å². The van der Waals surface area contributed by atoms with Gasteiger partial charge in [0.1, 0.15) is 17.5 Å². The summed E-state index contributed by atoms with van der Waals surface area (Å²) in [5.74, 6) is 0.931. The molecular formula is C25H22N4O2S. The molecule has 1 aliphatic heterocycles. The Kier molecular flexibility index (Phi) is 5.25. The van der Waals surface area contributed by atoms with Crippen molar-refractivity contribution in [3.63, 3.8) is 0 Å². The molecule has 0 amide bonds. The molecule has 0 bridgehead atoms. The number of benzene rings is 2. The van der Waals surface area contributed by atoms with Crippen molar-refractivity contribution in [1.29, 1.82) is 0 Å². The number of methoxy groups -OCH3 is 1. The molecule has 2 N–H and O–H groups in total. The summed E-state index contributed by atoms with van der Waals surface area (Å²) in [4.78, 5) is 6.56. The Labute approximate surface area is 191 Å². The highest BCUT2D eigenvalue weighted by Gasteiger charge is 2.43. The molecule has 4 aromatic rings. The fourth-order valence-electron chi connectivity index (χ4n) is 4.27. The van der Waals surface area contributed by atoms with E-state index in [1.165, 1.54) is 0 Å². The van der Waals surface area contributed by atoms with Crippen LogP contribution in [0.2, 0.25) is 0 Å². The predicted octanol–water partition coefficient (Wildman–Crippen LogP) is 4.76. The van der Waals surface area contributed by atoms with Gasteiger partial charge in [-0.3, -0.25) is 4.98 Å². The van der Waals surface area contributed by atoms with Gasteiger partial charge in [-0.05, 0) is 60.7 Å². The molecule has 0 unspecified atom stereocenters. The van der Waals surface area contributed by atoms with Crippen LogP contribution in [0.5, 0.6) is 11.5 Å². The summed E-state index contributed by atoms with van der Waals surface area (Å²) in [6.07, 6.45) is 3.78. The first kappa shape index (κ1) is 20.1. The van der Waals surface area contributed by atoms with E-state index in [0.29, 0.717) is 10.8 Å². The molecule has 1 aliphatic rings. The Morgan fingerprint density at radius 3 is 2.44 bits per heavy atom. The molecular weight excluding hydrogens is 420 g/mol. The van der Waals surface area contributed by atoms with Gasteiger partial charge in [0.05, 0.1) is 30.2 Å². The van der Waals surface area contributed by atoms with Crippen LogP contribution in [0.4, 0.5) is 5.69 Å². The molecule has 160 valence electrons. The minimum absolute atomic E-state index is 0.165. The molecule has 2 atom stereocenters. The van der Waals surface area contributed by atoms with Gasteiger partial charge in [-0.25, -0.2) is 0 Å². The third-order valence-electron chi connectivity index (χ3n) is 5.67. The van der Waals surface area contributed by atoms with Gasteiger partial charge in [-0.1, -0.05) is 30.3 Å². The Morgan fingerprint density at radius 2 is 1.69 bits per heavy atom. The molecule has 0 aliphatic carbocycles. The Bertz CT molecular complexity index is 1260. The zero-order valence-electron chi connectivity index (χ0n) is 17.4. The topological polar surface area (TPSA) is 62.5 Å². The Balaban J connectivity index is 1.70. The van der Waals surface area contributed by atoms with E-state index in [0.717, 1.165) is 22.8 Å². The first-order valence-corrected chi connectivity index (χ1v) is 10.7. The maximum Gasteiger partial charge on any atom is 0.174 e. The van der Waals surface area contributed by atoms with Gasteiger partial charge in [0, 0.05) is 18.1 Å². The summed E-state index contributed by atoms with van der Waals surface area (Å²) >= 11 is 5.76. The molecule has 1 fully saturated rings. The second-order valence-electron chi connectivity index (χ2n) is 7.46. The summed E-state index contributed by atoms with van der Waals surface area (Å²) in [7, 11) is 1.67. The molecule has 32 heavy (non-hydrogen) atoms. The van der Waals surface area contributed by atoms with Crippen LogP contribution < -0.4 is 15.0 Å². The molecule has 0 spiro atoms. The number of thiocarbonyl (C=S) groups is 1. The molecule has 3 heterocycles. The number of nitrogens with zero attached hydrogens (tertiary/aromatic N) is 3. The zero-order valence-corrected chi connectivity index (χ0v) is 18.2. The average molecular weight is 443 g/mol. The van der Waals surface area contributed by atoms with Crippen LogP contribution >= 0.6 is 12.2 Å². The minimum atomic E-state index is -0.259. The summed E-state index contributed by atoms with van der Waals surface area (Å²) in [6, 6.07) is 24.5. The lowest BCUT2D eigenvalue weighted by Crippen LogP contribution is -2.30. The van der Waals surface area contributed by atoms with Crippen LogP contribution in [0, 0.1) is 0 Å². The van der Waals surface area contributed by atoms with Crippen molar-refractivity contribution in [2.24, 2.45) is 0 Å². The number of nitrogens with one attached hydrogen (secondary N) is 1. The second kappa shape index (κ2) is 8.36. The summed E-state index contributed by atoms with van der Waals surface area (Å²) in [5.41, 5.74) is 3.41. The SMILES string of the molecule is COc1ccccc1-n1cccc1[C@@H]1[C@H](c2ccccn2)NC(=S)N1c1ccccc1O. The van der Waals surface area contributed by atoms with E-state index in [-0.39, 0.29) is 17.8 Å². The normalized spacial score (nSPS) is 17.9. The molecule has 2 aromatic carbocycles. The molecule has 6 nitrogen and oxygen atoms in total. The van der Waals surface area contributed by atoms with E-state index >= 15 is 0 Å². The standard InChI is InChI=1S/C25H22N4O2S/c1-31-22-14-5-3-11-19(22)28-16-8-12-20(28)24-23(17-9-6-7-15-26-17)27-25(32)29(24)18-10-2-4-13-21(18)30/h2-16,23-24,30H,1H3,(H,27,32)/t23-,24+/m0/s1. The summed E-state index contributed by atoms with van der Waals surface area (Å²) < 4.78 is 7.72. The highest BCUT2D eigenvalue weighted by atomic mass is 32.1. The van der Waals surface area contributed by atoms with Crippen LogP contribution in [0.25, 0.3) is 5.69 Å². The maximum absolute atomic E-state index is 10.7. The van der Waals surface area contributed by atoms with Crippen molar-refractivity contribution in [3.8, 4) is 17.2 Å². The lowest BCUT2D eigenvalue weighted by atomic mass is 10.0. The van der Waals surface area contributed by atoms with Crippen molar-refractivity contribution >= 4 is 23.0 Å². The van der Waals surface area contributed by atoms with Crippen molar-refractivity contribution in [3.05, 3.63) is 103 Å². The number of pyridine rings is 1. The lowest BCUT2D eigenvalue weighted by molar-refractivity contribution is 0.412. The maximum atomic E-state index is 10.7. The number of phenols is 1. The number of phenolic OH excluding ortho intramolecular Hbond substituents is 1. The number of rotatable bonds is 5. The van der Waals surface area contributed by atoms with Crippen molar-refractivity contribution in [1.82, 2.24) is 14.9 Å². The average Bonchev–Trinajstić information content (AvgIpc) is 3.44. The summed E-state index contributed by atoms with van der Waals surface area (Å²) in [5, 5.41) is 14.6. The molecule has 2 aromatic heterocycles. The molecule has 0 saturated carbocycles. The fraction of sp³-hybridized carbons (Fsp3) is 0.120. The third kappa shape index (κ3) is 3.36. The van der Waals surface area contributed by atoms with Crippen LogP contribution in [-0.2, 0) is 0 Å². The van der Waals surface area contributed by atoms with Crippen LogP contribution in [-0.4, -0.2) is 26.9 Å². The van der Waals surface area contributed by atoms with Crippen molar-refractivity contribution < 1.29 is 9.84 Å². The van der Waals surface area contributed by atoms with Gasteiger partial charge >= 0.3 is 0 Å². The Hall–Kier alpha value is -3.84. The second-order valence-corrected chi connectivity index (χ2v) is 7.85. The zero-order chi connectivity index (χ0) is 22.1. The first-order chi connectivity index (χ1) is 15.7. The smallest absolute Gasteiger partial charge is 0.174 e. The van der Waals surface area contributed by atoms with E-state index in [9.17, 15) is 5.11 Å². The lowest BCUT2D eigenvalue weighted by Gasteiger charge is -2.29. The van der Waals surface area contributed by atoms with E-state index in [1.54, 1.807) is 25.4 Å². The monoisotopic (exact) mass is 442 g/mol. The fourth-order valence-corrected chi connectivity index (χ4v) is 4.60. The minimum Gasteiger partial charge on any atom is -0.506 e. The summed E-state index contributed by atoms with van der Waals surface area (Å²) in [6.45, 7) is 0. The predicted molar refractivity (Wildman–Crippen MR) is 128 cm³/mol. The highest BCUT2D eigenvalue weighted by molar-refractivity contribution is 7.80. The number of aromatic hydroxyl groups is 1. The van der Waals surface area contributed by atoms with E-state index in [4.69, 9.17) is 17.0 Å². The molecule has 7 heteroatoms. The quantitative estimate of drug-likeness (QED) is 0.435. The number of aromatic nitrogens is 2. The number of hydrogen-bond acceptors (Lipinski definition) is 4. The van der Waals surface area contributed by atoms with Gasteiger partial charge in [0.2, 0.25) is 0 Å². The van der Waals surface area contributed by atoms with Crippen molar-refractivity contribution in [2.45, 2.75) is 12.1 Å². The third-order valence-corrected chi connectivity index (χ3v) is 5.98. The highest BCUT2D eigenvalue weighted by Crippen LogP contribution is 2.45. The number of hydrogen-bond donors (Lipinski definition) is 2. The number of para-hydroxylation sites is 4. The van der Waals surface area contributed by atoms with E-state index in [2.05, 4.69) is 20.9 Å². The van der Waals surface area contributed by atoms with Gasteiger partial charge in [0.15, 0.2) is 5.11 Å². The molecule has 1 saturated heterocycles. The van der Waals surface area contributed by atoms with Gasteiger partial charge < -0.3 is 24.6 Å². The first-order valence-electron chi connectivity index (χ1n) is 10.3. The van der Waals surface area contributed by atoms with Crippen molar-refractivity contribution in [2.75, 3.05) is 12.0 Å². The molecule has 0 radical (unpaired) electrons. The van der Waals surface area contributed by atoms with Crippen LogP contribution in [0.3, 0.4) is 0 Å². The van der Waals surface area contributed by atoms with Gasteiger partial charge in [-0.2, -0.15) is 0 Å².